The fraction of sp³-hybridized carbons (Fsp3) is 0.525. The van der Waals surface area contributed by atoms with Gasteiger partial charge in [-0.15, -0.1) is 0 Å². The highest BCUT2D eigenvalue weighted by atomic mass is 19.4. The van der Waals surface area contributed by atoms with Crippen LogP contribution in [0.2, 0.25) is 0 Å². The number of carboxylic acid groups (broad SMARTS) is 3. The van der Waals surface area contributed by atoms with E-state index in [1.807, 2.05) is 4.90 Å². The van der Waals surface area contributed by atoms with Gasteiger partial charge in [-0.2, -0.15) is 26.3 Å². The second-order valence-electron chi connectivity index (χ2n) is 14.3. The van der Waals surface area contributed by atoms with Crippen molar-refractivity contribution in [3.8, 4) is 5.88 Å². The second-order valence-corrected chi connectivity index (χ2v) is 14.3. The Morgan fingerprint density at radius 1 is 0.883 bits per heavy atom. The Morgan fingerprint density at radius 2 is 1.47 bits per heavy atom. The van der Waals surface area contributed by atoms with Crippen LogP contribution in [0.3, 0.4) is 0 Å². The quantitative estimate of drug-likeness (QED) is 0.0815. The van der Waals surface area contributed by atoms with Gasteiger partial charge >= 0.3 is 30.4 Å². The summed E-state index contributed by atoms with van der Waals surface area (Å²) in [6.45, 7) is 4.69. The van der Waals surface area contributed by atoms with E-state index in [9.17, 15) is 45.8 Å². The Hall–Kier alpha value is -5.21. The molecule has 330 valence electrons. The van der Waals surface area contributed by atoms with E-state index in [1.54, 1.807) is 19.2 Å². The molecule has 20 heteroatoms. The number of aromatic nitrogens is 2. The standard InChI is InChI=1S/C30H31F6N5O4.C10H18O5/c1-3-28(37)15-22(26-23(41(28)27(42)43)4-5-24(39-26)44-2)25-18(13-21(16-38-25)40-6-8-45-9-7-40)10-17-11-19(29(31,32)33)14-20(12-17)30(34,35)36;11-9(12)5-1-3-7-15-8-4-2-6-10(13)14/h4-5,11-14,16,22H,3,6-10,15,37H2,1-2H3,(H,42,43);1-8H2,(H,11,12)(H,13,14)/t22-,28+;/m0./s1. The Bertz CT molecular complexity index is 1890. The second kappa shape index (κ2) is 20.9. The number of benzene rings is 1. The number of halogens is 6. The molecular weight excluding hydrogens is 808 g/mol. The van der Waals surface area contributed by atoms with Crippen molar-refractivity contribution < 1.29 is 70.3 Å². The zero-order valence-electron chi connectivity index (χ0n) is 33.2. The molecule has 1 saturated heterocycles. The highest BCUT2D eigenvalue weighted by Crippen LogP contribution is 2.47. The number of nitrogens with zero attached hydrogens (tertiary/aromatic N) is 4. The Balaban J connectivity index is 0.000000451. The third-order valence-electron chi connectivity index (χ3n) is 10.1. The van der Waals surface area contributed by atoms with Gasteiger partial charge < -0.3 is 40.2 Å². The summed E-state index contributed by atoms with van der Waals surface area (Å²) in [5, 5.41) is 26.8. The van der Waals surface area contributed by atoms with E-state index in [0.717, 1.165) is 17.7 Å². The number of pyridine rings is 2. The van der Waals surface area contributed by atoms with Gasteiger partial charge in [-0.3, -0.25) is 19.5 Å². The minimum Gasteiger partial charge on any atom is -0.481 e. The van der Waals surface area contributed by atoms with Gasteiger partial charge in [-0.1, -0.05) is 6.92 Å². The van der Waals surface area contributed by atoms with Crippen LogP contribution in [-0.2, 0) is 37.8 Å². The van der Waals surface area contributed by atoms with Crippen molar-refractivity contribution in [2.75, 3.05) is 56.4 Å². The van der Waals surface area contributed by atoms with E-state index in [2.05, 4.69) is 4.98 Å². The highest BCUT2D eigenvalue weighted by molar-refractivity contribution is 5.89. The largest absolute Gasteiger partial charge is 0.481 e. The van der Waals surface area contributed by atoms with Gasteiger partial charge in [-0.25, -0.2) is 9.78 Å². The third kappa shape index (κ3) is 12.9. The molecule has 60 heavy (non-hydrogen) atoms. The third-order valence-corrected chi connectivity index (χ3v) is 10.1. The summed E-state index contributed by atoms with van der Waals surface area (Å²) < 4.78 is 98.3. The maximum atomic E-state index is 13.7. The monoisotopic (exact) mass is 857 g/mol. The predicted octanol–water partition coefficient (Wildman–Crippen LogP) is 7.55. The number of hydrogen-bond acceptors (Lipinski definition) is 10. The summed E-state index contributed by atoms with van der Waals surface area (Å²) in [4.78, 5) is 44.9. The zero-order valence-corrected chi connectivity index (χ0v) is 33.2. The fourth-order valence-corrected chi connectivity index (χ4v) is 6.97. The molecule has 0 bridgehead atoms. The Kier molecular flexibility index (Phi) is 16.5. The van der Waals surface area contributed by atoms with Gasteiger partial charge in [0.15, 0.2) is 0 Å². The number of methoxy groups -OCH3 is 1. The summed E-state index contributed by atoms with van der Waals surface area (Å²) in [7, 11) is 1.38. The van der Waals surface area contributed by atoms with E-state index in [0.29, 0.717) is 81.4 Å². The first-order valence-corrected chi connectivity index (χ1v) is 19.3. The molecule has 1 amide bonds. The number of fused-ring (bicyclic) bond motifs is 1. The summed E-state index contributed by atoms with van der Waals surface area (Å²) in [5.41, 5.74) is 3.85. The summed E-state index contributed by atoms with van der Waals surface area (Å²) >= 11 is 0. The number of alkyl halides is 6. The van der Waals surface area contributed by atoms with Gasteiger partial charge in [0.25, 0.3) is 0 Å². The average molecular weight is 858 g/mol. The molecule has 0 radical (unpaired) electrons. The van der Waals surface area contributed by atoms with Crippen molar-refractivity contribution in [3.05, 3.63) is 76.2 Å². The minimum absolute atomic E-state index is 0.0176. The lowest BCUT2D eigenvalue weighted by atomic mass is 9.80. The molecule has 1 aromatic carbocycles. The van der Waals surface area contributed by atoms with Gasteiger partial charge in [0.1, 0.15) is 5.66 Å². The van der Waals surface area contributed by atoms with E-state index < -0.39 is 53.1 Å². The smallest absolute Gasteiger partial charge is 0.416 e. The first-order chi connectivity index (χ1) is 28.3. The van der Waals surface area contributed by atoms with Crippen LogP contribution in [0.5, 0.6) is 5.88 Å². The van der Waals surface area contributed by atoms with Crippen LogP contribution < -0.4 is 20.3 Å². The number of hydrogen-bond donors (Lipinski definition) is 4. The Morgan fingerprint density at radius 3 is 1.97 bits per heavy atom. The molecule has 5 N–H and O–H groups in total. The van der Waals surface area contributed by atoms with Gasteiger partial charge in [0.05, 0.1) is 60.4 Å². The van der Waals surface area contributed by atoms with Crippen LogP contribution in [0.25, 0.3) is 0 Å². The van der Waals surface area contributed by atoms with E-state index in [-0.39, 0.29) is 61.0 Å². The molecule has 2 atom stereocenters. The molecule has 3 aromatic rings. The maximum Gasteiger partial charge on any atom is 0.416 e. The molecule has 0 aliphatic carbocycles. The number of rotatable bonds is 16. The van der Waals surface area contributed by atoms with Crippen LogP contribution in [0.4, 0.5) is 42.5 Å². The van der Waals surface area contributed by atoms with E-state index in [1.165, 1.54) is 19.2 Å². The van der Waals surface area contributed by atoms with Gasteiger partial charge in [-0.05, 0) is 86.4 Å². The number of anilines is 2. The molecule has 2 aliphatic heterocycles. The molecule has 14 nitrogen and oxygen atoms in total. The van der Waals surface area contributed by atoms with Crippen molar-refractivity contribution in [2.24, 2.45) is 5.73 Å². The topological polar surface area (TPSA) is 198 Å². The van der Waals surface area contributed by atoms with Crippen molar-refractivity contribution in [1.29, 1.82) is 0 Å². The van der Waals surface area contributed by atoms with Crippen LogP contribution in [0.1, 0.15) is 97.8 Å². The maximum absolute atomic E-state index is 13.7. The molecule has 2 aromatic heterocycles. The molecule has 0 saturated carbocycles. The molecular formula is C40H49F6N5O9. The summed E-state index contributed by atoms with van der Waals surface area (Å²) in [6, 6.07) is 6.15. The van der Waals surface area contributed by atoms with Crippen molar-refractivity contribution in [1.82, 2.24) is 9.97 Å². The van der Waals surface area contributed by atoms with Crippen LogP contribution >= 0.6 is 0 Å². The molecule has 2 aliphatic rings. The molecule has 4 heterocycles. The summed E-state index contributed by atoms with van der Waals surface area (Å²) in [6.07, 6.45) is -6.84. The normalized spacial score (nSPS) is 18.0. The number of aliphatic carboxylic acids is 2. The number of carbonyl (C=O) groups is 3. The van der Waals surface area contributed by atoms with Crippen molar-refractivity contribution in [2.45, 2.75) is 88.6 Å². The number of amides is 1. The highest BCUT2D eigenvalue weighted by Gasteiger charge is 2.47. The average Bonchev–Trinajstić information content (AvgIpc) is 3.19. The number of unbranched alkanes of at least 4 members (excludes halogenated alkanes) is 2. The number of morpholine rings is 1. The lowest BCUT2D eigenvalue weighted by Crippen LogP contribution is -2.61. The number of nitrogens with two attached hydrogens (primary N) is 1. The van der Waals surface area contributed by atoms with Crippen LogP contribution in [0.15, 0.2) is 42.6 Å². The number of ether oxygens (including phenoxy) is 3. The lowest BCUT2D eigenvalue weighted by Gasteiger charge is -2.45. The predicted molar refractivity (Wildman–Crippen MR) is 205 cm³/mol. The van der Waals surface area contributed by atoms with Crippen molar-refractivity contribution in [3.63, 3.8) is 0 Å². The Labute approximate surface area is 342 Å². The van der Waals surface area contributed by atoms with Crippen LogP contribution in [-0.4, -0.2) is 95.6 Å². The minimum atomic E-state index is -5.02. The fourth-order valence-electron chi connectivity index (χ4n) is 6.97. The SMILES string of the molecule is CC[C@]1(N)C[C@@H](c2ncc(N3CCOCC3)cc2Cc2cc(C(F)(F)F)cc(C(F)(F)F)c2)c2nc(OC)ccc2N1C(=O)O.O=C(O)CCCCOCCCCC(=O)O. The molecule has 0 spiro atoms. The zero-order chi connectivity index (χ0) is 44.3. The lowest BCUT2D eigenvalue weighted by molar-refractivity contribution is -0.143. The molecule has 5 rings (SSSR count). The first-order valence-electron chi connectivity index (χ1n) is 19.3. The van der Waals surface area contributed by atoms with Crippen LogP contribution in [0, 0.1) is 0 Å². The molecule has 0 unspecified atom stereocenters. The van der Waals surface area contributed by atoms with Gasteiger partial charge in [0, 0.05) is 51.1 Å². The van der Waals surface area contributed by atoms with Gasteiger partial charge in [0.2, 0.25) is 5.88 Å². The first kappa shape index (κ1) is 47.5. The van der Waals surface area contributed by atoms with E-state index in [4.69, 9.17) is 35.1 Å². The number of carboxylic acids is 2. The van der Waals surface area contributed by atoms with Crippen molar-refractivity contribution >= 4 is 29.4 Å². The summed E-state index contributed by atoms with van der Waals surface area (Å²) in [5.74, 6) is -2.17. The molecule has 1 fully saturated rings. The van der Waals surface area contributed by atoms with E-state index >= 15 is 0 Å².